The van der Waals surface area contributed by atoms with Crippen molar-refractivity contribution in [2.75, 3.05) is 6.54 Å². The van der Waals surface area contributed by atoms with Crippen LogP contribution in [0.2, 0.25) is 0 Å². The van der Waals surface area contributed by atoms with Crippen molar-refractivity contribution in [1.82, 2.24) is 4.90 Å². The Balaban J connectivity index is 2.08. The van der Waals surface area contributed by atoms with Crippen molar-refractivity contribution in [3.05, 3.63) is 24.3 Å². The normalized spacial score (nSPS) is 43.2. The van der Waals surface area contributed by atoms with Crippen molar-refractivity contribution in [2.45, 2.75) is 19.9 Å². The summed E-state index contributed by atoms with van der Waals surface area (Å²) in [5.74, 6) is 0.128. The van der Waals surface area contributed by atoms with E-state index in [-0.39, 0.29) is 23.3 Å². The van der Waals surface area contributed by atoms with E-state index in [0.29, 0.717) is 6.54 Å². The molecule has 1 saturated carbocycles. The molecule has 0 aromatic rings. The lowest BCUT2D eigenvalue weighted by atomic mass is 9.96. The van der Waals surface area contributed by atoms with E-state index in [1.54, 1.807) is 0 Å². The van der Waals surface area contributed by atoms with E-state index in [4.69, 9.17) is 0 Å². The maximum atomic E-state index is 12.3. The van der Waals surface area contributed by atoms with Crippen molar-refractivity contribution in [3.8, 4) is 6.07 Å². The minimum absolute atomic E-state index is 0.0196. The second kappa shape index (κ2) is 2.57. The highest BCUT2D eigenvalue weighted by Gasteiger charge is 2.84. The fraction of sp³-hybridized carbons (Fsp3) is 0.538. The quantitative estimate of drug-likeness (QED) is 0.663. The molecule has 3 atom stereocenters. The Morgan fingerprint density at radius 3 is 2.94 bits per heavy atom. The molecule has 1 saturated heterocycles. The van der Waals surface area contributed by atoms with E-state index in [0.717, 1.165) is 0 Å². The fourth-order valence-corrected chi connectivity index (χ4v) is 3.37. The lowest BCUT2D eigenvalue weighted by Gasteiger charge is -2.26. The molecule has 0 bridgehead atoms. The molecule has 0 aromatic heterocycles. The zero-order chi connectivity index (χ0) is 11.6. The van der Waals surface area contributed by atoms with Gasteiger partial charge in [-0.3, -0.25) is 4.79 Å². The highest BCUT2D eigenvalue weighted by atomic mass is 16.2. The maximum absolute atomic E-state index is 12.3. The van der Waals surface area contributed by atoms with Gasteiger partial charge in [-0.25, -0.2) is 0 Å². The van der Waals surface area contributed by atoms with Gasteiger partial charge in [0.1, 0.15) is 0 Å². The first-order valence-electron chi connectivity index (χ1n) is 5.68. The topological polar surface area (TPSA) is 44.1 Å². The average Bonchev–Trinajstić information content (AvgIpc) is 2.79. The summed E-state index contributed by atoms with van der Waals surface area (Å²) in [6, 6.07) is 2.47. The van der Waals surface area contributed by atoms with Crippen LogP contribution in [0, 0.1) is 28.1 Å². The molecule has 82 valence electrons. The number of likely N-dealkylation sites (tertiary alicyclic amines) is 1. The molecule has 1 aliphatic heterocycles. The number of rotatable bonds is 1. The van der Waals surface area contributed by atoms with Gasteiger partial charge in [0.25, 0.3) is 0 Å². The van der Waals surface area contributed by atoms with Crippen LogP contribution in [0.5, 0.6) is 0 Å². The van der Waals surface area contributed by atoms with Crippen LogP contribution in [0.15, 0.2) is 24.3 Å². The van der Waals surface area contributed by atoms with Gasteiger partial charge in [0.2, 0.25) is 5.91 Å². The van der Waals surface area contributed by atoms with Crippen LogP contribution in [0.25, 0.3) is 0 Å². The average molecular weight is 214 g/mol. The number of hydrogen-bond donors (Lipinski definition) is 0. The molecule has 0 radical (unpaired) electrons. The molecule has 1 amide bonds. The number of fused-ring (bicyclic) bond motifs is 1. The zero-order valence-corrected chi connectivity index (χ0v) is 9.47. The van der Waals surface area contributed by atoms with Gasteiger partial charge in [0, 0.05) is 23.9 Å². The number of nitrogens with zero attached hydrogens (tertiary/aromatic N) is 2. The summed E-state index contributed by atoms with van der Waals surface area (Å²) in [5, 5.41) is 9.40. The first-order chi connectivity index (χ1) is 7.60. The van der Waals surface area contributed by atoms with Crippen molar-refractivity contribution in [2.24, 2.45) is 16.7 Å². The van der Waals surface area contributed by atoms with Crippen molar-refractivity contribution in [1.29, 1.82) is 5.26 Å². The smallest absolute Gasteiger partial charge is 0.244 e. The molecule has 3 heteroatoms. The van der Waals surface area contributed by atoms with Gasteiger partial charge in [0.05, 0.1) is 6.07 Å². The van der Waals surface area contributed by atoms with Crippen molar-refractivity contribution < 1.29 is 4.79 Å². The van der Waals surface area contributed by atoms with Crippen LogP contribution in [-0.2, 0) is 4.79 Å². The summed E-state index contributed by atoms with van der Waals surface area (Å²) in [4.78, 5) is 14.2. The van der Waals surface area contributed by atoms with Gasteiger partial charge in [-0.15, -0.1) is 0 Å². The molecule has 2 fully saturated rings. The van der Waals surface area contributed by atoms with E-state index in [9.17, 15) is 10.1 Å². The largest absolute Gasteiger partial charge is 0.338 e. The molecule has 16 heavy (non-hydrogen) atoms. The predicted molar refractivity (Wildman–Crippen MR) is 59.1 cm³/mol. The summed E-state index contributed by atoms with van der Waals surface area (Å²) < 4.78 is 0. The molecule has 0 N–H and O–H groups in total. The molecule has 1 spiro atoms. The van der Waals surface area contributed by atoms with E-state index in [1.807, 2.05) is 37.0 Å². The number of nitriles is 1. The van der Waals surface area contributed by atoms with Crippen LogP contribution < -0.4 is 0 Å². The molecule has 2 aliphatic carbocycles. The minimum Gasteiger partial charge on any atom is -0.338 e. The van der Waals surface area contributed by atoms with Crippen LogP contribution in [0.1, 0.15) is 13.8 Å². The summed E-state index contributed by atoms with van der Waals surface area (Å²) in [6.07, 6.45) is 7.98. The SMILES string of the molecule is CC(C)N1CC23C=CC=CC2C3(C#N)C1=O. The summed E-state index contributed by atoms with van der Waals surface area (Å²) >= 11 is 0. The first kappa shape index (κ1) is 9.65. The molecule has 3 nitrogen and oxygen atoms in total. The van der Waals surface area contributed by atoms with Gasteiger partial charge in [0.15, 0.2) is 5.41 Å². The van der Waals surface area contributed by atoms with Crippen molar-refractivity contribution >= 4 is 5.91 Å². The Morgan fingerprint density at radius 1 is 1.56 bits per heavy atom. The third-order valence-electron chi connectivity index (χ3n) is 4.31. The Bertz CT molecular complexity index is 471. The van der Waals surface area contributed by atoms with Gasteiger partial charge in [-0.2, -0.15) is 5.26 Å². The number of amides is 1. The summed E-state index contributed by atoms with van der Waals surface area (Å²) in [5.41, 5.74) is -1.02. The lowest BCUT2D eigenvalue weighted by Crippen LogP contribution is -2.38. The van der Waals surface area contributed by atoms with Crippen LogP contribution in [0.4, 0.5) is 0 Å². The predicted octanol–water partition coefficient (Wildman–Crippen LogP) is 1.49. The number of carbonyl (C=O) groups excluding carboxylic acids is 1. The third-order valence-corrected chi connectivity index (χ3v) is 4.31. The monoisotopic (exact) mass is 214 g/mol. The van der Waals surface area contributed by atoms with E-state index >= 15 is 0 Å². The number of piperidine rings is 1. The van der Waals surface area contributed by atoms with Crippen LogP contribution >= 0.6 is 0 Å². The van der Waals surface area contributed by atoms with Crippen LogP contribution in [-0.4, -0.2) is 23.4 Å². The number of allylic oxidation sites excluding steroid dienone is 3. The fourth-order valence-electron chi connectivity index (χ4n) is 3.37. The molecule has 1 heterocycles. The van der Waals surface area contributed by atoms with Crippen LogP contribution in [0.3, 0.4) is 0 Å². The molecule has 3 aliphatic rings. The molecule has 0 aromatic carbocycles. The minimum atomic E-state index is -0.791. The first-order valence-corrected chi connectivity index (χ1v) is 5.68. The Morgan fingerprint density at radius 2 is 2.31 bits per heavy atom. The Kier molecular flexibility index (Phi) is 1.55. The Hall–Kier alpha value is -1.56. The second-order valence-corrected chi connectivity index (χ2v) is 5.21. The van der Waals surface area contributed by atoms with E-state index in [1.165, 1.54) is 0 Å². The van der Waals surface area contributed by atoms with Gasteiger partial charge >= 0.3 is 0 Å². The highest BCUT2D eigenvalue weighted by molar-refractivity contribution is 5.96. The maximum Gasteiger partial charge on any atom is 0.244 e. The molecule has 3 rings (SSSR count). The van der Waals surface area contributed by atoms with E-state index in [2.05, 4.69) is 12.1 Å². The molecule has 3 unspecified atom stereocenters. The number of hydrogen-bond acceptors (Lipinski definition) is 2. The lowest BCUT2D eigenvalue weighted by molar-refractivity contribution is -0.133. The summed E-state index contributed by atoms with van der Waals surface area (Å²) in [6.45, 7) is 4.70. The zero-order valence-electron chi connectivity index (χ0n) is 9.47. The highest BCUT2D eigenvalue weighted by Crippen LogP contribution is 2.75. The molecular weight excluding hydrogens is 200 g/mol. The third kappa shape index (κ3) is 0.723. The van der Waals surface area contributed by atoms with Gasteiger partial charge < -0.3 is 4.90 Å². The standard InChI is InChI=1S/C13H14N2O/c1-9(2)15-8-12-6-4-3-5-10(12)13(12,7-14)11(15)16/h3-6,9-10H,8H2,1-2H3. The van der Waals surface area contributed by atoms with Gasteiger partial charge in [-0.1, -0.05) is 24.3 Å². The van der Waals surface area contributed by atoms with Crippen molar-refractivity contribution in [3.63, 3.8) is 0 Å². The molecular formula is C13H14N2O. The van der Waals surface area contributed by atoms with Gasteiger partial charge in [-0.05, 0) is 13.8 Å². The Labute approximate surface area is 95.0 Å². The van der Waals surface area contributed by atoms with E-state index < -0.39 is 5.41 Å². The summed E-state index contributed by atoms with van der Waals surface area (Å²) in [7, 11) is 0. The number of carbonyl (C=O) groups is 1. The second-order valence-electron chi connectivity index (χ2n) is 5.21.